The van der Waals surface area contributed by atoms with Gasteiger partial charge < -0.3 is 4.89 Å². The molecule has 0 N–H and O–H groups in total. The van der Waals surface area contributed by atoms with Gasteiger partial charge in [0.25, 0.3) is 0 Å². The fourth-order valence-corrected chi connectivity index (χ4v) is 2.93. The zero-order valence-corrected chi connectivity index (χ0v) is 15.4. The predicted octanol–water partition coefficient (Wildman–Crippen LogP) is 5.59. The molecule has 0 radical (unpaired) electrons. The smallest absolute Gasteiger partial charge is 0.165 e. The van der Waals surface area contributed by atoms with Crippen molar-refractivity contribution in [2.24, 2.45) is 0 Å². The van der Waals surface area contributed by atoms with Gasteiger partial charge in [-0.1, -0.05) is 66.7 Å². The number of hydrogen-bond acceptors (Lipinski definition) is 2. The molecule has 0 unspecified atom stereocenters. The Kier molecular flexibility index (Phi) is 6.86. The average Bonchev–Trinajstić information content (AvgIpc) is 2.71. The third-order valence-corrected chi connectivity index (χ3v) is 4.47. The van der Waals surface area contributed by atoms with Gasteiger partial charge in [-0.05, 0) is 67.0 Å². The Labute approximate surface area is 156 Å². The minimum absolute atomic E-state index is 0.545. The fraction of sp³-hybridized carbons (Fsp3) is 0.250. The average molecular weight is 346 g/mol. The molecule has 0 saturated heterocycles. The van der Waals surface area contributed by atoms with Crippen LogP contribution in [0, 0.1) is 0 Å². The van der Waals surface area contributed by atoms with Crippen molar-refractivity contribution in [2.45, 2.75) is 32.6 Å². The van der Waals surface area contributed by atoms with Crippen LogP contribution >= 0.6 is 0 Å². The number of rotatable bonds is 9. The summed E-state index contributed by atoms with van der Waals surface area (Å²) in [4.78, 5) is 10.1. The van der Waals surface area contributed by atoms with E-state index in [0.717, 1.165) is 31.4 Å². The highest BCUT2D eigenvalue weighted by atomic mass is 17.2. The number of aryl methyl sites for hydroxylation is 4. The van der Waals surface area contributed by atoms with E-state index >= 15 is 0 Å². The third-order valence-electron chi connectivity index (χ3n) is 4.47. The lowest BCUT2D eigenvalue weighted by molar-refractivity contribution is -0.202. The summed E-state index contributed by atoms with van der Waals surface area (Å²) in [6.45, 7) is 2.45. The quantitative estimate of drug-likeness (QED) is 0.371. The molecule has 2 heteroatoms. The van der Waals surface area contributed by atoms with Crippen molar-refractivity contribution >= 4 is 0 Å². The van der Waals surface area contributed by atoms with Crippen molar-refractivity contribution in [3.05, 3.63) is 101 Å². The van der Waals surface area contributed by atoms with Crippen molar-refractivity contribution < 1.29 is 9.78 Å². The molecular weight excluding hydrogens is 320 g/mol. The summed E-state index contributed by atoms with van der Waals surface area (Å²) < 4.78 is 0. The molecule has 3 rings (SSSR count). The van der Waals surface area contributed by atoms with E-state index in [0.29, 0.717) is 6.61 Å². The highest BCUT2D eigenvalue weighted by Crippen LogP contribution is 2.15. The molecular formula is C24H26O2. The Morgan fingerprint density at radius 1 is 0.538 bits per heavy atom. The first-order valence-corrected chi connectivity index (χ1v) is 9.33. The summed E-state index contributed by atoms with van der Waals surface area (Å²) in [5, 5.41) is 0. The predicted molar refractivity (Wildman–Crippen MR) is 106 cm³/mol. The van der Waals surface area contributed by atoms with Gasteiger partial charge in [0.15, 0.2) is 5.75 Å². The number of hydrogen-bond donors (Lipinski definition) is 0. The van der Waals surface area contributed by atoms with Crippen LogP contribution in [-0.4, -0.2) is 6.61 Å². The summed E-state index contributed by atoms with van der Waals surface area (Å²) in [6, 6.07) is 27.8. The molecule has 0 spiro atoms. The standard InChI is InChI=1S/C24H26O2/c1-2-25-26-24-18-16-23(17-19-24)15-14-22-12-10-21(11-13-22)9-8-20-6-4-3-5-7-20/h3-7,10-13,16-19H,2,8-9,14-15H2,1H3. The summed E-state index contributed by atoms with van der Waals surface area (Å²) in [7, 11) is 0. The van der Waals surface area contributed by atoms with Crippen LogP contribution in [0.25, 0.3) is 0 Å². The van der Waals surface area contributed by atoms with Gasteiger partial charge in [-0.25, -0.2) is 0 Å². The summed E-state index contributed by atoms with van der Waals surface area (Å²) in [5.74, 6) is 0.748. The van der Waals surface area contributed by atoms with Crippen LogP contribution in [0.5, 0.6) is 5.75 Å². The van der Waals surface area contributed by atoms with Gasteiger partial charge in [0, 0.05) is 0 Å². The SMILES string of the molecule is CCOOc1ccc(CCc2ccc(CCc3ccccc3)cc2)cc1. The molecule has 0 aromatic heterocycles. The van der Waals surface area contributed by atoms with Crippen LogP contribution in [0.15, 0.2) is 78.9 Å². The van der Waals surface area contributed by atoms with Crippen molar-refractivity contribution in [2.75, 3.05) is 6.61 Å². The maximum atomic E-state index is 5.14. The molecule has 0 amide bonds. The molecule has 2 nitrogen and oxygen atoms in total. The van der Waals surface area contributed by atoms with E-state index < -0.39 is 0 Å². The highest BCUT2D eigenvalue weighted by Gasteiger charge is 2.00. The van der Waals surface area contributed by atoms with E-state index in [1.165, 1.54) is 22.3 Å². The minimum atomic E-state index is 0.545. The second-order valence-corrected chi connectivity index (χ2v) is 6.44. The topological polar surface area (TPSA) is 18.5 Å². The zero-order chi connectivity index (χ0) is 18.0. The minimum Gasteiger partial charge on any atom is -0.338 e. The molecule has 0 saturated carbocycles. The molecule has 0 atom stereocenters. The van der Waals surface area contributed by atoms with Gasteiger partial charge in [0.05, 0.1) is 6.61 Å². The Hall–Kier alpha value is -2.58. The molecule has 0 aliphatic heterocycles. The van der Waals surface area contributed by atoms with Gasteiger partial charge in [-0.15, -0.1) is 0 Å². The maximum Gasteiger partial charge on any atom is 0.165 e. The van der Waals surface area contributed by atoms with Crippen LogP contribution in [0.2, 0.25) is 0 Å². The zero-order valence-electron chi connectivity index (χ0n) is 15.4. The first-order chi connectivity index (χ1) is 12.8. The van der Waals surface area contributed by atoms with Crippen molar-refractivity contribution in [3.8, 4) is 5.75 Å². The summed E-state index contributed by atoms with van der Waals surface area (Å²) >= 11 is 0. The summed E-state index contributed by atoms with van der Waals surface area (Å²) in [5.41, 5.74) is 5.48. The lowest BCUT2D eigenvalue weighted by Gasteiger charge is -2.06. The highest BCUT2D eigenvalue weighted by molar-refractivity contribution is 5.29. The summed E-state index contributed by atoms with van der Waals surface area (Å²) in [6.07, 6.45) is 4.25. The third kappa shape index (κ3) is 5.75. The van der Waals surface area contributed by atoms with E-state index in [-0.39, 0.29) is 0 Å². The van der Waals surface area contributed by atoms with Crippen molar-refractivity contribution in [1.29, 1.82) is 0 Å². The molecule has 0 aliphatic carbocycles. The van der Waals surface area contributed by atoms with Crippen LogP contribution in [-0.2, 0) is 30.6 Å². The first-order valence-electron chi connectivity index (χ1n) is 9.33. The van der Waals surface area contributed by atoms with E-state index in [9.17, 15) is 0 Å². The van der Waals surface area contributed by atoms with Gasteiger partial charge in [0.1, 0.15) is 0 Å². The van der Waals surface area contributed by atoms with Crippen LogP contribution in [0.3, 0.4) is 0 Å². The fourth-order valence-electron chi connectivity index (χ4n) is 2.93. The molecule has 0 bridgehead atoms. The van der Waals surface area contributed by atoms with Gasteiger partial charge in [-0.2, -0.15) is 4.89 Å². The monoisotopic (exact) mass is 346 g/mol. The molecule has 0 aliphatic rings. The molecule has 134 valence electrons. The van der Waals surface area contributed by atoms with E-state index in [2.05, 4.69) is 66.7 Å². The van der Waals surface area contributed by atoms with Crippen LogP contribution in [0.4, 0.5) is 0 Å². The Morgan fingerprint density at radius 3 is 1.42 bits per heavy atom. The Balaban J connectivity index is 1.46. The molecule has 3 aromatic rings. The number of benzene rings is 3. The van der Waals surface area contributed by atoms with Gasteiger partial charge in [0.2, 0.25) is 0 Å². The molecule has 0 heterocycles. The molecule has 0 fully saturated rings. The van der Waals surface area contributed by atoms with Crippen molar-refractivity contribution in [1.82, 2.24) is 0 Å². The molecule has 3 aromatic carbocycles. The Bertz CT molecular complexity index is 762. The maximum absolute atomic E-state index is 5.14. The van der Waals surface area contributed by atoms with Crippen LogP contribution in [0.1, 0.15) is 29.2 Å². The lowest BCUT2D eigenvalue weighted by Crippen LogP contribution is -1.96. The lowest BCUT2D eigenvalue weighted by atomic mass is 10.0. The first kappa shape index (κ1) is 18.2. The largest absolute Gasteiger partial charge is 0.338 e. The van der Waals surface area contributed by atoms with Gasteiger partial charge in [-0.3, -0.25) is 0 Å². The normalized spacial score (nSPS) is 10.7. The van der Waals surface area contributed by atoms with Crippen molar-refractivity contribution in [3.63, 3.8) is 0 Å². The van der Waals surface area contributed by atoms with Crippen LogP contribution < -0.4 is 4.89 Å². The van der Waals surface area contributed by atoms with E-state index in [1.807, 2.05) is 19.1 Å². The molecule has 26 heavy (non-hydrogen) atoms. The Morgan fingerprint density at radius 2 is 0.962 bits per heavy atom. The second kappa shape index (κ2) is 9.79. The van der Waals surface area contributed by atoms with E-state index in [1.54, 1.807) is 0 Å². The second-order valence-electron chi connectivity index (χ2n) is 6.44. The van der Waals surface area contributed by atoms with E-state index in [4.69, 9.17) is 9.78 Å². The van der Waals surface area contributed by atoms with Gasteiger partial charge >= 0.3 is 0 Å².